The summed E-state index contributed by atoms with van der Waals surface area (Å²) in [6, 6.07) is 3.94. The Morgan fingerprint density at radius 3 is 2.67 bits per heavy atom. The number of pyridine rings is 1. The van der Waals surface area contributed by atoms with Crippen molar-refractivity contribution in [2.24, 2.45) is 0 Å². The highest BCUT2D eigenvalue weighted by Gasteiger charge is 2.48. The van der Waals surface area contributed by atoms with Gasteiger partial charge < -0.3 is 4.90 Å². The van der Waals surface area contributed by atoms with Crippen molar-refractivity contribution in [1.82, 2.24) is 14.8 Å². The molecule has 0 aromatic carbocycles. The molecular formula is C14H21N3O. The van der Waals surface area contributed by atoms with Gasteiger partial charge >= 0.3 is 0 Å². The molecule has 1 amide bonds. The molecule has 0 spiro atoms. The van der Waals surface area contributed by atoms with Gasteiger partial charge in [-0.1, -0.05) is 6.92 Å². The average Bonchev–Trinajstić information content (AvgIpc) is 2.83. The molecular weight excluding hydrogens is 226 g/mol. The first kappa shape index (κ1) is 13.0. The highest BCUT2D eigenvalue weighted by Crippen LogP contribution is 2.39. The molecule has 0 N–H and O–H groups in total. The number of rotatable bonds is 3. The molecule has 4 nitrogen and oxygen atoms in total. The van der Waals surface area contributed by atoms with Gasteiger partial charge in [-0.2, -0.15) is 0 Å². The number of likely N-dealkylation sites (N-methyl/N-ethyl adjacent to an activating group) is 2. The minimum Gasteiger partial charge on any atom is -0.347 e. The molecule has 4 heteroatoms. The average molecular weight is 247 g/mol. The Labute approximate surface area is 109 Å². The van der Waals surface area contributed by atoms with Crippen LogP contribution in [0.15, 0.2) is 24.5 Å². The predicted octanol–water partition coefficient (Wildman–Crippen LogP) is 1.48. The van der Waals surface area contributed by atoms with Crippen LogP contribution in [-0.2, 0) is 10.3 Å². The summed E-state index contributed by atoms with van der Waals surface area (Å²) in [6.07, 6.45) is 5.50. The van der Waals surface area contributed by atoms with E-state index in [0.717, 1.165) is 31.5 Å². The molecule has 1 aromatic rings. The van der Waals surface area contributed by atoms with Crippen molar-refractivity contribution < 1.29 is 4.79 Å². The molecule has 1 unspecified atom stereocenters. The number of hydrogen-bond acceptors (Lipinski definition) is 3. The van der Waals surface area contributed by atoms with Gasteiger partial charge in [0, 0.05) is 26.5 Å². The SMILES string of the molecule is CCN1CCCC1(C(=O)N(C)C)c1ccncc1. The van der Waals surface area contributed by atoms with Gasteiger partial charge in [0.15, 0.2) is 0 Å². The lowest BCUT2D eigenvalue weighted by atomic mass is 9.86. The Balaban J connectivity index is 2.50. The summed E-state index contributed by atoms with van der Waals surface area (Å²) >= 11 is 0. The highest BCUT2D eigenvalue weighted by molar-refractivity contribution is 5.87. The Hall–Kier alpha value is -1.42. The molecule has 18 heavy (non-hydrogen) atoms. The number of aromatic nitrogens is 1. The van der Waals surface area contributed by atoms with E-state index in [-0.39, 0.29) is 5.91 Å². The van der Waals surface area contributed by atoms with Crippen LogP contribution in [0.25, 0.3) is 0 Å². The van der Waals surface area contributed by atoms with E-state index in [9.17, 15) is 4.79 Å². The lowest BCUT2D eigenvalue weighted by molar-refractivity contribution is -0.141. The lowest BCUT2D eigenvalue weighted by Gasteiger charge is -2.38. The van der Waals surface area contributed by atoms with Gasteiger partial charge in [-0.3, -0.25) is 14.7 Å². The zero-order valence-electron chi connectivity index (χ0n) is 11.4. The first-order valence-corrected chi connectivity index (χ1v) is 6.50. The van der Waals surface area contributed by atoms with E-state index in [2.05, 4.69) is 16.8 Å². The van der Waals surface area contributed by atoms with Crippen LogP contribution in [0.4, 0.5) is 0 Å². The van der Waals surface area contributed by atoms with Crippen molar-refractivity contribution >= 4 is 5.91 Å². The quantitative estimate of drug-likeness (QED) is 0.812. The summed E-state index contributed by atoms with van der Waals surface area (Å²) in [5.41, 5.74) is 0.580. The van der Waals surface area contributed by atoms with Crippen LogP contribution < -0.4 is 0 Å². The molecule has 0 saturated carbocycles. The van der Waals surface area contributed by atoms with Crippen LogP contribution in [0.1, 0.15) is 25.3 Å². The highest BCUT2D eigenvalue weighted by atomic mass is 16.2. The number of amides is 1. The fourth-order valence-electron chi connectivity index (χ4n) is 2.99. The Bertz CT molecular complexity index is 418. The smallest absolute Gasteiger partial charge is 0.247 e. The number of likely N-dealkylation sites (tertiary alicyclic amines) is 1. The third kappa shape index (κ3) is 1.90. The third-order valence-corrected chi connectivity index (χ3v) is 3.81. The summed E-state index contributed by atoms with van der Waals surface area (Å²) in [7, 11) is 3.66. The van der Waals surface area contributed by atoms with Gasteiger partial charge in [0.2, 0.25) is 5.91 Å². The number of carbonyl (C=O) groups excluding carboxylic acids is 1. The molecule has 1 aliphatic heterocycles. The first-order chi connectivity index (χ1) is 8.63. The molecule has 1 atom stereocenters. The van der Waals surface area contributed by atoms with Crippen LogP contribution >= 0.6 is 0 Å². The molecule has 0 aliphatic carbocycles. The van der Waals surface area contributed by atoms with Crippen molar-refractivity contribution in [2.75, 3.05) is 27.2 Å². The van der Waals surface area contributed by atoms with Crippen molar-refractivity contribution in [3.63, 3.8) is 0 Å². The lowest BCUT2D eigenvalue weighted by Crippen LogP contribution is -2.52. The summed E-state index contributed by atoms with van der Waals surface area (Å²) in [6.45, 7) is 3.99. The van der Waals surface area contributed by atoms with Crippen LogP contribution in [-0.4, -0.2) is 47.9 Å². The van der Waals surface area contributed by atoms with Gasteiger partial charge in [-0.05, 0) is 43.6 Å². The molecule has 0 bridgehead atoms. The summed E-state index contributed by atoms with van der Waals surface area (Å²) < 4.78 is 0. The minimum absolute atomic E-state index is 0.174. The Morgan fingerprint density at radius 1 is 1.44 bits per heavy atom. The number of carbonyl (C=O) groups is 1. The van der Waals surface area contributed by atoms with Crippen LogP contribution in [0, 0.1) is 0 Å². The van der Waals surface area contributed by atoms with Crippen molar-refractivity contribution in [1.29, 1.82) is 0 Å². The molecule has 2 rings (SSSR count). The largest absolute Gasteiger partial charge is 0.347 e. The summed E-state index contributed by atoms with van der Waals surface area (Å²) in [4.78, 5) is 20.7. The van der Waals surface area contributed by atoms with E-state index < -0.39 is 5.54 Å². The standard InChI is InChI=1S/C14H21N3O/c1-4-17-11-5-8-14(17,13(18)16(2)3)12-6-9-15-10-7-12/h6-7,9-10H,4-5,8,11H2,1-3H3. The van der Waals surface area contributed by atoms with Gasteiger partial charge in [-0.15, -0.1) is 0 Å². The maximum absolute atomic E-state index is 12.7. The normalized spacial score (nSPS) is 24.2. The van der Waals surface area contributed by atoms with Crippen molar-refractivity contribution in [3.8, 4) is 0 Å². The second-order valence-corrected chi connectivity index (χ2v) is 4.98. The molecule has 1 aromatic heterocycles. The molecule has 98 valence electrons. The predicted molar refractivity (Wildman–Crippen MR) is 71.1 cm³/mol. The van der Waals surface area contributed by atoms with Crippen LogP contribution in [0.2, 0.25) is 0 Å². The van der Waals surface area contributed by atoms with Crippen LogP contribution in [0.5, 0.6) is 0 Å². The number of hydrogen-bond donors (Lipinski definition) is 0. The molecule has 1 aliphatic rings. The molecule has 1 fully saturated rings. The van der Waals surface area contributed by atoms with Gasteiger partial charge in [0.1, 0.15) is 5.54 Å². The molecule has 2 heterocycles. The second kappa shape index (κ2) is 5.06. The van der Waals surface area contributed by atoms with Gasteiger partial charge in [-0.25, -0.2) is 0 Å². The Kier molecular flexibility index (Phi) is 3.66. The number of nitrogens with zero attached hydrogens (tertiary/aromatic N) is 3. The van der Waals surface area contributed by atoms with E-state index in [1.807, 2.05) is 26.2 Å². The van der Waals surface area contributed by atoms with Gasteiger partial charge in [0.25, 0.3) is 0 Å². The maximum Gasteiger partial charge on any atom is 0.247 e. The molecule has 0 radical (unpaired) electrons. The zero-order chi connectivity index (χ0) is 13.2. The van der Waals surface area contributed by atoms with E-state index in [4.69, 9.17) is 0 Å². The topological polar surface area (TPSA) is 36.4 Å². The van der Waals surface area contributed by atoms with Crippen LogP contribution in [0.3, 0.4) is 0 Å². The maximum atomic E-state index is 12.7. The molecule has 1 saturated heterocycles. The fourth-order valence-corrected chi connectivity index (χ4v) is 2.99. The zero-order valence-corrected chi connectivity index (χ0v) is 11.4. The van der Waals surface area contributed by atoms with Crippen molar-refractivity contribution in [2.45, 2.75) is 25.3 Å². The van der Waals surface area contributed by atoms with E-state index >= 15 is 0 Å². The fraction of sp³-hybridized carbons (Fsp3) is 0.571. The van der Waals surface area contributed by atoms with E-state index in [1.165, 1.54) is 0 Å². The first-order valence-electron chi connectivity index (χ1n) is 6.50. The minimum atomic E-state index is -0.485. The third-order valence-electron chi connectivity index (χ3n) is 3.81. The van der Waals surface area contributed by atoms with E-state index in [1.54, 1.807) is 17.3 Å². The summed E-state index contributed by atoms with van der Waals surface area (Å²) in [5.74, 6) is 0.174. The van der Waals surface area contributed by atoms with E-state index in [0.29, 0.717) is 0 Å². The summed E-state index contributed by atoms with van der Waals surface area (Å²) in [5, 5.41) is 0. The van der Waals surface area contributed by atoms with Gasteiger partial charge in [0.05, 0.1) is 0 Å². The second-order valence-electron chi connectivity index (χ2n) is 4.98. The van der Waals surface area contributed by atoms with Crippen molar-refractivity contribution in [3.05, 3.63) is 30.1 Å². The monoisotopic (exact) mass is 247 g/mol. The Morgan fingerprint density at radius 2 is 2.11 bits per heavy atom.